The fourth-order valence-electron chi connectivity index (χ4n) is 0.850. The van der Waals surface area contributed by atoms with Gasteiger partial charge in [-0.05, 0) is 0 Å². The Morgan fingerprint density at radius 2 is 1.56 bits per heavy atom. The molecule has 0 spiro atoms. The average molecular weight is 338 g/mol. The van der Waals surface area contributed by atoms with Crippen LogP contribution in [0.5, 0.6) is 0 Å². The van der Waals surface area contributed by atoms with E-state index in [9.17, 15) is 27.9 Å². The normalized spacial score (nSPS) is 13.9. The van der Waals surface area contributed by atoms with E-state index in [0.29, 0.717) is 0 Å². The number of aliphatic hydroxyl groups is 1. The molecule has 0 radical (unpaired) electrons. The molecule has 100 valence electrons. The molecule has 10 nitrogen and oxygen atoms in total. The van der Waals surface area contributed by atoms with Crippen molar-refractivity contribution < 1.29 is 66.3 Å². The fraction of sp³-hybridized carbons (Fsp3) is 0.500. The Hall–Kier alpha value is -1.10. The summed E-state index contributed by atoms with van der Waals surface area (Å²) in [6.45, 7) is 0. The van der Waals surface area contributed by atoms with Gasteiger partial charge in [0.25, 0.3) is 0 Å². The van der Waals surface area contributed by atoms with Crippen LogP contribution in [0, 0.1) is 0 Å². The first-order valence-corrected chi connectivity index (χ1v) is 5.20. The van der Waals surface area contributed by atoms with Crippen LogP contribution in [-0.4, -0.2) is 51.8 Å². The Morgan fingerprint density at radius 3 is 1.83 bits per heavy atom. The number of hydrogen-bond donors (Lipinski definition) is 4. The van der Waals surface area contributed by atoms with Gasteiger partial charge >= 0.3 is 28.3 Å². The molecule has 0 aromatic carbocycles. The van der Waals surface area contributed by atoms with E-state index in [0.717, 1.165) is 0 Å². The minimum absolute atomic E-state index is 0. The summed E-state index contributed by atoms with van der Waals surface area (Å²) < 4.78 is 31.6. The Balaban J connectivity index is 0. The molecule has 0 aliphatic rings. The van der Waals surface area contributed by atoms with Crippen molar-refractivity contribution in [3.8, 4) is 0 Å². The van der Waals surface area contributed by atoms with E-state index in [4.69, 9.17) is 14.8 Å². The van der Waals surface area contributed by atoms with Crippen molar-refractivity contribution in [1.82, 2.24) is 0 Å². The van der Waals surface area contributed by atoms with Gasteiger partial charge in [-0.2, -0.15) is 8.42 Å². The third kappa shape index (κ3) is 7.27. The summed E-state index contributed by atoms with van der Waals surface area (Å²) in [7, 11) is -5.15. The third-order valence-electron chi connectivity index (χ3n) is 1.48. The van der Waals surface area contributed by atoms with E-state index in [-0.39, 0.29) is 19.5 Å². The van der Waals surface area contributed by atoms with E-state index in [1.54, 1.807) is 0 Å². The predicted octanol–water partition coefficient (Wildman–Crippen LogP) is -1.99. The molecule has 1 atom stereocenters. The van der Waals surface area contributed by atoms with Gasteiger partial charge in [-0.15, -0.1) is 0 Å². The first-order valence-electron chi connectivity index (χ1n) is 3.83. The molecule has 0 aromatic heterocycles. The van der Waals surface area contributed by atoms with E-state index in [1.165, 1.54) is 0 Å². The standard InChI is InChI=1S/C6H8O10S.Zn/c7-3(8)1-6(12,5(10)11)2-4(9)16-17(13,14)15;/h12H,1-2H2,(H,7,8)(H,10,11)(H,13,14,15);. The second-order valence-corrected chi connectivity index (χ2v) is 3.99. The van der Waals surface area contributed by atoms with Crippen molar-refractivity contribution in [2.75, 3.05) is 0 Å². The van der Waals surface area contributed by atoms with Crippen molar-refractivity contribution >= 4 is 28.3 Å². The number of carboxylic acid groups (broad SMARTS) is 2. The Morgan fingerprint density at radius 1 is 1.11 bits per heavy atom. The molecule has 1 unspecified atom stereocenters. The monoisotopic (exact) mass is 336 g/mol. The zero-order valence-corrected chi connectivity index (χ0v) is 12.6. The summed E-state index contributed by atoms with van der Waals surface area (Å²) in [6, 6.07) is 0. The SMILES string of the molecule is O=C(O)CC(O)(CC(=O)OS(=O)(=O)O)C(=O)O.[Zn]. The minimum Gasteiger partial charge on any atom is -0.481 e. The molecule has 0 fully saturated rings. The molecule has 12 heteroatoms. The number of hydrogen-bond acceptors (Lipinski definition) is 7. The summed E-state index contributed by atoms with van der Waals surface area (Å²) in [5.74, 6) is -5.58. The molecule has 4 N–H and O–H groups in total. The van der Waals surface area contributed by atoms with Gasteiger partial charge < -0.3 is 19.5 Å². The van der Waals surface area contributed by atoms with Gasteiger partial charge in [0, 0.05) is 19.5 Å². The van der Waals surface area contributed by atoms with Crippen molar-refractivity contribution in [2.45, 2.75) is 18.4 Å². The Kier molecular flexibility index (Phi) is 7.20. The molecule has 18 heavy (non-hydrogen) atoms. The molecule has 0 amide bonds. The van der Waals surface area contributed by atoms with Crippen LogP contribution in [0.3, 0.4) is 0 Å². The molecule has 0 rings (SSSR count). The summed E-state index contributed by atoms with van der Waals surface area (Å²) in [4.78, 5) is 31.6. The molecule has 0 aliphatic heterocycles. The molecular weight excluding hydrogens is 330 g/mol. The Bertz CT molecular complexity index is 441. The minimum atomic E-state index is -5.15. The van der Waals surface area contributed by atoms with Gasteiger partial charge in [0.2, 0.25) is 0 Å². The molecule has 0 saturated carbocycles. The van der Waals surface area contributed by atoms with Crippen LogP contribution in [0.15, 0.2) is 0 Å². The molecule has 0 bridgehead atoms. The van der Waals surface area contributed by atoms with E-state index >= 15 is 0 Å². The first kappa shape index (κ1) is 19.2. The van der Waals surface area contributed by atoms with Crippen LogP contribution >= 0.6 is 0 Å². The number of rotatable bonds is 6. The van der Waals surface area contributed by atoms with Crippen LogP contribution < -0.4 is 0 Å². The van der Waals surface area contributed by atoms with Crippen LogP contribution in [-0.2, 0) is 48.4 Å². The maximum absolute atomic E-state index is 10.8. The van der Waals surface area contributed by atoms with Gasteiger partial charge in [0.15, 0.2) is 5.60 Å². The van der Waals surface area contributed by atoms with Crippen molar-refractivity contribution in [2.24, 2.45) is 0 Å². The summed E-state index contributed by atoms with van der Waals surface area (Å²) in [5, 5.41) is 26.1. The van der Waals surface area contributed by atoms with E-state index in [1.807, 2.05) is 0 Å². The first-order chi connectivity index (χ1) is 7.46. The van der Waals surface area contributed by atoms with Crippen LogP contribution in [0.1, 0.15) is 12.8 Å². The smallest absolute Gasteiger partial charge is 0.448 e. The number of carbonyl (C=O) groups excluding carboxylic acids is 1. The van der Waals surface area contributed by atoms with Crippen LogP contribution in [0.25, 0.3) is 0 Å². The summed E-state index contributed by atoms with van der Waals surface area (Å²) >= 11 is 0. The molecule has 0 aliphatic carbocycles. The van der Waals surface area contributed by atoms with Crippen molar-refractivity contribution in [3.05, 3.63) is 0 Å². The zero-order chi connectivity index (χ0) is 13.9. The number of aliphatic carboxylic acids is 2. The molecule has 0 heterocycles. The predicted molar refractivity (Wildman–Crippen MR) is 47.1 cm³/mol. The number of carbonyl (C=O) groups is 3. The van der Waals surface area contributed by atoms with Gasteiger partial charge in [-0.1, -0.05) is 0 Å². The Labute approximate surface area is 113 Å². The second kappa shape index (κ2) is 6.73. The van der Waals surface area contributed by atoms with Gasteiger partial charge in [0.1, 0.15) is 0 Å². The van der Waals surface area contributed by atoms with Crippen molar-refractivity contribution in [1.29, 1.82) is 0 Å². The second-order valence-electron chi connectivity index (χ2n) is 2.97. The maximum Gasteiger partial charge on any atom is 0.448 e. The number of carboxylic acids is 2. The summed E-state index contributed by atoms with van der Waals surface area (Å²) in [5.41, 5.74) is -3.02. The van der Waals surface area contributed by atoms with Gasteiger partial charge in [0.05, 0.1) is 12.8 Å². The van der Waals surface area contributed by atoms with Gasteiger partial charge in [-0.3, -0.25) is 14.1 Å². The van der Waals surface area contributed by atoms with E-state index in [2.05, 4.69) is 4.18 Å². The molecule has 0 saturated heterocycles. The topological polar surface area (TPSA) is 175 Å². The van der Waals surface area contributed by atoms with Crippen molar-refractivity contribution in [3.63, 3.8) is 0 Å². The quantitative estimate of drug-likeness (QED) is 0.313. The van der Waals surface area contributed by atoms with Crippen LogP contribution in [0.2, 0.25) is 0 Å². The zero-order valence-electron chi connectivity index (χ0n) is 8.77. The fourth-order valence-corrected chi connectivity index (χ4v) is 1.14. The summed E-state index contributed by atoms with van der Waals surface area (Å²) in [6.07, 6.45) is -2.79. The van der Waals surface area contributed by atoms with Crippen LogP contribution in [0.4, 0.5) is 0 Å². The largest absolute Gasteiger partial charge is 0.481 e. The molecular formula is C6H8O10SZn. The van der Waals surface area contributed by atoms with E-state index < -0.39 is 46.7 Å². The third-order valence-corrected chi connectivity index (χ3v) is 1.87. The maximum atomic E-state index is 10.8. The molecule has 0 aromatic rings. The average Bonchev–Trinajstić information content (AvgIpc) is 1.96. The van der Waals surface area contributed by atoms with Gasteiger partial charge in [-0.25, -0.2) is 4.79 Å².